The van der Waals surface area contributed by atoms with Crippen LogP contribution in [0.3, 0.4) is 0 Å². The molecule has 0 aromatic heterocycles. The molecule has 0 aromatic rings. The summed E-state index contributed by atoms with van der Waals surface area (Å²) in [4.78, 5) is 0. The first-order chi connectivity index (χ1) is 12.1. The molecule has 0 aliphatic heterocycles. The maximum atomic E-state index is 13.9. The van der Waals surface area contributed by atoms with Gasteiger partial charge < -0.3 is 9.84 Å². The Kier molecular flexibility index (Phi) is 7.03. The normalized spacial score (nSPS) is 16.3. The smallest absolute Gasteiger partial charge is 0.311 e. The molecular formula is C13H15F13O3. The lowest BCUT2D eigenvalue weighted by molar-refractivity contribution is -0.467. The largest absolute Gasteiger partial charge is 0.483 e. The molecule has 1 N–H and O–H groups in total. The van der Waals surface area contributed by atoms with Gasteiger partial charge in [-0.1, -0.05) is 0 Å². The topological polar surface area (TPSA) is 38.7 Å². The predicted octanol–water partition coefficient (Wildman–Crippen LogP) is 5.57. The summed E-state index contributed by atoms with van der Waals surface area (Å²) in [7, 11) is 0. The van der Waals surface area contributed by atoms with E-state index >= 15 is 0 Å². The molecule has 176 valence electrons. The van der Waals surface area contributed by atoms with Gasteiger partial charge in [0.25, 0.3) is 0 Å². The van der Waals surface area contributed by atoms with Crippen LogP contribution < -0.4 is 0 Å². The van der Waals surface area contributed by atoms with Crippen molar-refractivity contribution in [1.82, 2.24) is 0 Å². The molecule has 0 bridgehead atoms. The maximum Gasteiger partial charge on any atom is 0.483 e. The van der Waals surface area contributed by atoms with Crippen LogP contribution in [0.1, 0.15) is 34.1 Å². The van der Waals surface area contributed by atoms with Gasteiger partial charge in [0.15, 0.2) is 0 Å². The second kappa shape index (κ2) is 7.28. The standard InChI is InChI=1S/C13H15F13O3/c1-6(2,5-8(14,15)10(18,19)11(20,21)22)28-12(23,24)9(16,17)7(3,4)29-13(25,26)27/h27H,5H2,1-4H3. The fourth-order valence-corrected chi connectivity index (χ4v) is 2.02. The van der Waals surface area contributed by atoms with Crippen molar-refractivity contribution in [3.63, 3.8) is 0 Å². The third-order valence-corrected chi connectivity index (χ3v) is 3.37. The Hall–Kier alpha value is -1.03. The first kappa shape index (κ1) is 28.0. The molecule has 29 heavy (non-hydrogen) atoms. The SMILES string of the molecule is CC(C)(CC(F)(F)C(F)(F)C(F)(F)F)OC(F)(F)C(F)(F)C(C)(C)OC(O)(F)F. The zero-order valence-corrected chi connectivity index (χ0v) is 14.9. The van der Waals surface area contributed by atoms with Crippen LogP contribution in [0.5, 0.6) is 0 Å². The summed E-state index contributed by atoms with van der Waals surface area (Å²) in [5.74, 6) is -18.6. The number of hydrogen-bond acceptors (Lipinski definition) is 3. The van der Waals surface area contributed by atoms with Gasteiger partial charge in [0.1, 0.15) is 5.60 Å². The second-order valence-corrected chi connectivity index (χ2v) is 7.00. The number of aliphatic hydroxyl groups is 1. The highest BCUT2D eigenvalue weighted by molar-refractivity contribution is 4.98. The number of ether oxygens (including phenoxy) is 2. The summed E-state index contributed by atoms with van der Waals surface area (Å²) < 4.78 is 176. The molecular weight excluding hydrogens is 451 g/mol. The number of halogens is 13. The Morgan fingerprint density at radius 3 is 1.31 bits per heavy atom. The lowest BCUT2D eigenvalue weighted by atomic mass is 9.94. The van der Waals surface area contributed by atoms with Crippen molar-refractivity contribution in [2.45, 2.75) is 81.7 Å². The van der Waals surface area contributed by atoms with Crippen molar-refractivity contribution in [1.29, 1.82) is 0 Å². The fourth-order valence-electron chi connectivity index (χ4n) is 2.02. The van der Waals surface area contributed by atoms with Crippen molar-refractivity contribution in [2.75, 3.05) is 0 Å². The number of alkyl halides is 13. The third kappa shape index (κ3) is 5.99. The van der Waals surface area contributed by atoms with E-state index in [-0.39, 0.29) is 27.7 Å². The van der Waals surface area contributed by atoms with Gasteiger partial charge in [-0.15, -0.1) is 8.78 Å². The second-order valence-electron chi connectivity index (χ2n) is 7.00. The Balaban J connectivity index is 5.81. The molecule has 0 saturated heterocycles. The Morgan fingerprint density at radius 1 is 0.621 bits per heavy atom. The molecule has 0 atom stereocenters. The lowest BCUT2D eigenvalue weighted by Gasteiger charge is -2.42. The van der Waals surface area contributed by atoms with Crippen molar-refractivity contribution in [3.05, 3.63) is 0 Å². The molecule has 0 radical (unpaired) electrons. The minimum absolute atomic E-state index is 0.0614. The molecule has 0 aromatic carbocycles. The quantitative estimate of drug-likeness (QED) is 0.357. The monoisotopic (exact) mass is 466 g/mol. The van der Waals surface area contributed by atoms with Crippen LogP contribution >= 0.6 is 0 Å². The van der Waals surface area contributed by atoms with Gasteiger partial charge in [0.05, 0.1) is 5.60 Å². The Morgan fingerprint density at radius 2 is 1.00 bits per heavy atom. The summed E-state index contributed by atoms with van der Waals surface area (Å²) in [6, 6.07) is 0. The molecule has 0 spiro atoms. The van der Waals surface area contributed by atoms with Crippen LogP contribution in [0.15, 0.2) is 0 Å². The van der Waals surface area contributed by atoms with Gasteiger partial charge in [0, 0.05) is 6.42 Å². The maximum absolute atomic E-state index is 13.9. The molecule has 0 fully saturated rings. The molecule has 0 amide bonds. The van der Waals surface area contributed by atoms with Crippen LogP contribution in [-0.2, 0) is 9.47 Å². The fraction of sp³-hybridized carbons (Fsp3) is 1.00. The average molecular weight is 466 g/mol. The summed E-state index contributed by atoms with van der Waals surface area (Å²) >= 11 is 0. The zero-order chi connectivity index (χ0) is 24.1. The van der Waals surface area contributed by atoms with E-state index in [1.807, 2.05) is 0 Å². The zero-order valence-electron chi connectivity index (χ0n) is 14.9. The summed E-state index contributed by atoms with van der Waals surface area (Å²) in [5.41, 5.74) is -7.41. The van der Waals surface area contributed by atoms with Gasteiger partial charge in [-0.2, -0.15) is 48.3 Å². The van der Waals surface area contributed by atoms with E-state index < -0.39 is 54.0 Å². The van der Waals surface area contributed by atoms with Gasteiger partial charge in [0.2, 0.25) is 0 Å². The predicted molar refractivity (Wildman–Crippen MR) is 68.0 cm³/mol. The van der Waals surface area contributed by atoms with Crippen LogP contribution in [0.2, 0.25) is 0 Å². The van der Waals surface area contributed by atoms with Gasteiger partial charge in [-0.25, -0.2) is 0 Å². The lowest BCUT2D eigenvalue weighted by Crippen LogP contribution is -2.62. The highest BCUT2D eigenvalue weighted by Crippen LogP contribution is 2.52. The van der Waals surface area contributed by atoms with Crippen LogP contribution in [0, 0.1) is 0 Å². The van der Waals surface area contributed by atoms with E-state index in [2.05, 4.69) is 9.47 Å². The van der Waals surface area contributed by atoms with Gasteiger partial charge >= 0.3 is 36.3 Å². The van der Waals surface area contributed by atoms with E-state index in [0.29, 0.717) is 0 Å². The first-order valence-electron chi connectivity index (χ1n) is 7.20. The molecule has 0 unspecified atom stereocenters. The highest BCUT2D eigenvalue weighted by Gasteiger charge is 2.75. The van der Waals surface area contributed by atoms with Crippen LogP contribution in [0.25, 0.3) is 0 Å². The first-order valence-corrected chi connectivity index (χ1v) is 7.20. The summed E-state index contributed by atoms with van der Waals surface area (Å²) in [6.45, 7) is -0.0562. The van der Waals surface area contributed by atoms with Crippen molar-refractivity contribution < 1.29 is 71.7 Å². The Labute approximate surface area is 154 Å². The average Bonchev–Trinajstić information content (AvgIpc) is 2.30. The van der Waals surface area contributed by atoms with Gasteiger partial charge in [-0.05, 0) is 27.7 Å². The molecule has 3 nitrogen and oxygen atoms in total. The van der Waals surface area contributed by atoms with Crippen molar-refractivity contribution in [3.8, 4) is 0 Å². The van der Waals surface area contributed by atoms with Crippen LogP contribution in [-0.4, -0.2) is 52.7 Å². The van der Waals surface area contributed by atoms with E-state index in [9.17, 15) is 57.1 Å². The highest BCUT2D eigenvalue weighted by atomic mass is 19.4. The van der Waals surface area contributed by atoms with Crippen molar-refractivity contribution in [2.24, 2.45) is 0 Å². The molecule has 0 heterocycles. The number of rotatable bonds is 9. The van der Waals surface area contributed by atoms with Crippen molar-refractivity contribution >= 4 is 0 Å². The molecule has 16 heteroatoms. The summed E-state index contributed by atoms with van der Waals surface area (Å²) in [5, 5.41) is 8.07. The van der Waals surface area contributed by atoms with E-state index in [1.54, 1.807) is 0 Å². The summed E-state index contributed by atoms with van der Waals surface area (Å²) in [6.07, 6.45) is -21.0. The third-order valence-electron chi connectivity index (χ3n) is 3.37. The Bertz CT molecular complexity index is 575. The van der Waals surface area contributed by atoms with E-state index in [0.717, 1.165) is 0 Å². The minimum atomic E-state index is -6.82. The molecule has 0 saturated carbocycles. The van der Waals surface area contributed by atoms with Crippen LogP contribution in [0.4, 0.5) is 57.1 Å². The molecule has 0 aliphatic carbocycles. The minimum Gasteiger partial charge on any atom is -0.311 e. The van der Waals surface area contributed by atoms with E-state index in [1.165, 1.54) is 0 Å². The number of hydrogen-bond donors (Lipinski definition) is 1. The molecule has 0 rings (SSSR count). The van der Waals surface area contributed by atoms with Gasteiger partial charge in [-0.3, -0.25) is 4.74 Å². The molecule has 0 aliphatic rings. The van der Waals surface area contributed by atoms with E-state index in [4.69, 9.17) is 5.11 Å².